The number of thiophene rings is 1. The van der Waals surface area contributed by atoms with Gasteiger partial charge in [0.25, 0.3) is 0 Å². The molecule has 0 aliphatic rings. The SMILES string of the molecule is N#Cc1ccc(C#Cc2ccc(C(=O)C=P(c3ccccc3)(c3ccccc3)c3ccccc3)s2)cc1. The van der Waals surface area contributed by atoms with Gasteiger partial charge in [-0.05, 0) is 65.0 Å². The number of hydrogen-bond acceptors (Lipinski definition) is 3. The predicted octanol–water partition coefficient (Wildman–Crippen LogP) is 6.00. The summed E-state index contributed by atoms with van der Waals surface area (Å²) in [4.78, 5) is 15.3. The first-order valence-electron chi connectivity index (χ1n) is 11.8. The van der Waals surface area contributed by atoms with Crippen molar-refractivity contribution < 1.29 is 4.79 Å². The summed E-state index contributed by atoms with van der Waals surface area (Å²) in [6, 6.07) is 44.0. The zero-order valence-corrected chi connectivity index (χ0v) is 21.6. The number of carbonyl (C=O) groups excluding carboxylic acids is 1. The highest BCUT2D eigenvalue weighted by Gasteiger charge is 2.26. The van der Waals surface area contributed by atoms with Gasteiger partial charge in [-0.15, -0.1) is 11.3 Å². The lowest BCUT2D eigenvalue weighted by atomic mass is 10.1. The standard InChI is InChI=1S/C33H22NOPS/c34-24-27-18-16-26(17-19-27)20-21-31-22-23-33(37-31)32(35)25-36(28-10-4-1-5-11-28,29-12-6-2-7-13-29)30-14-8-3-9-15-30/h1-19,22-23,25H. The summed E-state index contributed by atoms with van der Waals surface area (Å²) in [5, 5.41) is 12.4. The van der Waals surface area contributed by atoms with Gasteiger partial charge in [0.15, 0.2) is 5.78 Å². The highest BCUT2D eigenvalue weighted by Crippen LogP contribution is 2.44. The Bertz CT molecular complexity index is 1580. The van der Waals surface area contributed by atoms with Crippen molar-refractivity contribution in [3.8, 4) is 17.9 Å². The minimum atomic E-state index is -2.37. The quantitative estimate of drug-likeness (QED) is 0.165. The van der Waals surface area contributed by atoms with Gasteiger partial charge in [0.1, 0.15) is 0 Å². The van der Waals surface area contributed by atoms with Gasteiger partial charge in [-0.1, -0.05) is 103 Å². The smallest absolute Gasteiger partial charge is 0.196 e. The van der Waals surface area contributed by atoms with Crippen LogP contribution in [0, 0.1) is 23.2 Å². The van der Waals surface area contributed by atoms with Crippen molar-refractivity contribution in [1.82, 2.24) is 0 Å². The van der Waals surface area contributed by atoms with Crippen molar-refractivity contribution in [2.75, 3.05) is 0 Å². The third-order valence-corrected chi connectivity index (χ3v) is 11.0. The number of Topliss-reactive ketones (excluding diaryl/α,β-unsaturated/α-hetero) is 1. The second-order valence-corrected chi connectivity index (χ2v) is 12.7. The van der Waals surface area contributed by atoms with E-state index in [9.17, 15) is 4.79 Å². The zero-order valence-electron chi connectivity index (χ0n) is 19.9. The fourth-order valence-electron chi connectivity index (χ4n) is 4.20. The van der Waals surface area contributed by atoms with Gasteiger partial charge in [-0.2, -0.15) is 5.26 Å². The maximum Gasteiger partial charge on any atom is 0.196 e. The van der Waals surface area contributed by atoms with E-state index in [1.54, 1.807) is 12.1 Å². The normalized spacial score (nSPS) is 10.6. The number of ketones is 1. The minimum Gasteiger partial charge on any atom is -0.288 e. The van der Waals surface area contributed by atoms with Crippen LogP contribution in [0.3, 0.4) is 0 Å². The van der Waals surface area contributed by atoms with Crippen LogP contribution in [0.4, 0.5) is 0 Å². The molecular formula is C33H22NOPS. The Labute approximate surface area is 221 Å². The molecule has 5 rings (SSSR count). The first-order valence-corrected chi connectivity index (χ1v) is 14.4. The van der Waals surface area contributed by atoms with Gasteiger partial charge in [0.05, 0.1) is 21.4 Å². The lowest BCUT2D eigenvalue weighted by Gasteiger charge is -2.28. The highest BCUT2D eigenvalue weighted by molar-refractivity contribution is 7.95. The van der Waals surface area contributed by atoms with E-state index in [2.05, 4.69) is 54.3 Å². The molecule has 2 nitrogen and oxygen atoms in total. The third-order valence-electron chi connectivity index (χ3n) is 5.99. The molecule has 0 fully saturated rings. The topological polar surface area (TPSA) is 40.9 Å². The van der Waals surface area contributed by atoms with Crippen molar-refractivity contribution in [2.45, 2.75) is 0 Å². The summed E-state index contributed by atoms with van der Waals surface area (Å²) in [6.45, 7) is -2.37. The van der Waals surface area contributed by atoms with Crippen LogP contribution in [0.15, 0.2) is 127 Å². The lowest BCUT2D eigenvalue weighted by molar-refractivity contribution is 0.107. The molecule has 0 saturated carbocycles. The van der Waals surface area contributed by atoms with Crippen molar-refractivity contribution >= 4 is 45.7 Å². The second-order valence-electron chi connectivity index (χ2n) is 8.33. The van der Waals surface area contributed by atoms with E-state index in [0.29, 0.717) is 10.4 Å². The Morgan fingerprint density at radius 1 is 0.622 bits per heavy atom. The first kappa shape index (κ1) is 24.3. The summed E-state index contributed by atoms with van der Waals surface area (Å²) >= 11 is 1.41. The molecule has 37 heavy (non-hydrogen) atoms. The Morgan fingerprint density at radius 2 is 1.11 bits per heavy atom. The summed E-state index contributed by atoms with van der Waals surface area (Å²) < 4.78 is 0. The number of benzene rings is 4. The number of hydrogen-bond donors (Lipinski definition) is 0. The fourth-order valence-corrected chi connectivity index (χ4v) is 8.82. The molecule has 0 N–H and O–H groups in total. The van der Waals surface area contributed by atoms with Crippen LogP contribution in [0.2, 0.25) is 0 Å². The third kappa shape index (κ3) is 5.25. The summed E-state index contributed by atoms with van der Waals surface area (Å²) in [6.07, 6.45) is 0. The van der Waals surface area contributed by atoms with Crippen LogP contribution < -0.4 is 15.9 Å². The molecule has 0 saturated heterocycles. The Morgan fingerprint density at radius 3 is 1.59 bits per heavy atom. The van der Waals surface area contributed by atoms with Crippen molar-refractivity contribution in [2.24, 2.45) is 0 Å². The molecule has 4 heteroatoms. The Hall–Kier alpha value is -4.40. The van der Waals surface area contributed by atoms with Crippen molar-refractivity contribution in [1.29, 1.82) is 5.26 Å². The molecule has 1 heterocycles. The summed E-state index contributed by atoms with van der Waals surface area (Å²) in [7, 11) is 0. The first-order chi connectivity index (χ1) is 18.2. The number of rotatable bonds is 5. The van der Waals surface area contributed by atoms with Crippen LogP contribution >= 0.6 is 18.2 Å². The van der Waals surface area contributed by atoms with Gasteiger partial charge >= 0.3 is 0 Å². The average molecular weight is 512 g/mol. The largest absolute Gasteiger partial charge is 0.288 e. The van der Waals surface area contributed by atoms with E-state index in [4.69, 9.17) is 5.26 Å². The molecule has 0 spiro atoms. The number of nitriles is 1. The van der Waals surface area contributed by atoms with Gasteiger partial charge in [-0.3, -0.25) is 4.79 Å². The molecule has 0 unspecified atom stereocenters. The maximum absolute atomic E-state index is 13.8. The van der Waals surface area contributed by atoms with E-state index >= 15 is 0 Å². The minimum absolute atomic E-state index is 0.00122. The van der Waals surface area contributed by atoms with E-state index in [0.717, 1.165) is 26.4 Å². The molecule has 0 aliphatic heterocycles. The van der Waals surface area contributed by atoms with Crippen LogP contribution in [-0.2, 0) is 0 Å². The van der Waals surface area contributed by atoms with Gasteiger partial charge in [-0.25, -0.2) is 0 Å². The highest BCUT2D eigenvalue weighted by atomic mass is 32.1. The molecule has 0 amide bonds. The van der Waals surface area contributed by atoms with Crippen LogP contribution in [0.5, 0.6) is 0 Å². The zero-order chi connectivity index (χ0) is 25.5. The fraction of sp³-hybridized carbons (Fsp3) is 0. The summed E-state index contributed by atoms with van der Waals surface area (Å²) in [5.41, 5.74) is 1.43. The Kier molecular flexibility index (Phi) is 7.30. The number of carbonyl (C=O) groups is 1. The molecular weight excluding hydrogens is 489 g/mol. The van der Waals surface area contributed by atoms with E-state index in [-0.39, 0.29) is 5.78 Å². The number of nitrogens with zero attached hydrogens (tertiary/aromatic N) is 1. The average Bonchev–Trinajstić information content (AvgIpc) is 3.46. The van der Waals surface area contributed by atoms with Gasteiger partial charge in [0.2, 0.25) is 0 Å². The van der Waals surface area contributed by atoms with Crippen LogP contribution in [0.25, 0.3) is 0 Å². The molecule has 0 aliphatic carbocycles. The van der Waals surface area contributed by atoms with E-state index in [1.807, 2.05) is 84.7 Å². The monoisotopic (exact) mass is 511 g/mol. The van der Waals surface area contributed by atoms with Crippen LogP contribution in [0.1, 0.15) is 25.7 Å². The van der Waals surface area contributed by atoms with Gasteiger partial charge < -0.3 is 0 Å². The summed E-state index contributed by atoms with van der Waals surface area (Å²) in [5.74, 6) is 8.24. The van der Waals surface area contributed by atoms with Crippen molar-refractivity contribution in [3.05, 3.63) is 148 Å². The molecule has 176 valence electrons. The predicted molar refractivity (Wildman–Crippen MR) is 157 cm³/mol. The molecule has 4 aromatic carbocycles. The molecule has 0 atom stereocenters. The van der Waals surface area contributed by atoms with Crippen molar-refractivity contribution in [3.63, 3.8) is 0 Å². The molecule has 0 bridgehead atoms. The molecule has 0 radical (unpaired) electrons. The molecule has 5 aromatic rings. The van der Waals surface area contributed by atoms with E-state index in [1.165, 1.54) is 11.3 Å². The second kappa shape index (κ2) is 11.1. The van der Waals surface area contributed by atoms with Crippen LogP contribution in [-0.4, -0.2) is 11.6 Å². The van der Waals surface area contributed by atoms with E-state index < -0.39 is 6.89 Å². The maximum atomic E-state index is 13.8. The lowest BCUT2D eigenvalue weighted by Crippen LogP contribution is -2.28. The Balaban J connectivity index is 1.60. The molecule has 1 aromatic heterocycles. The van der Waals surface area contributed by atoms with Gasteiger partial charge in [0, 0.05) is 5.56 Å².